The number of ether oxygens (including phenoxy) is 1. The maximum atomic E-state index is 12.4. The number of para-hydroxylation sites is 1. The monoisotopic (exact) mass is 296 g/mol. The molecule has 2 aromatic carbocycles. The molecule has 110 valence electrons. The van der Waals surface area contributed by atoms with E-state index in [0.29, 0.717) is 23.0 Å². The van der Waals surface area contributed by atoms with E-state index in [2.05, 4.69) is 4.74 Å². The van der Waals surface area contributed by atoms with E-state index in [1.165, 1.54) is 36.4 Å². The lowest BCUT2D eigenvalue weighted by atomic mass is 9.97. The first-order valence-electron chi connectivity index (χ1n) is 5.98. The average molecular weight is 296 g/mol. The molecule has 0 atom stereocenters. The van der Waals surface area contributed by atoms with Gasteiger partial charge in [-0.15, -0.1) is 13.2 Å². The lowest BCUT2D eigenvalue weighted by Crippen LogP contribution is -2.17. The van der Waals surface area contributed by atoms with Crippen LogP contribution in [0.4, 0.5) is 13.2 Å². The van der Waals surface area contributed by atoms with Crippen molar-refractivity contribution in [3.05, 3.63) is 53.6 Å². The summed E-state index contributed by atoms with van der Waals surface area (Å²) in [6.45, 7) is -0.405. The van der Waals surface area contributed by atoms with Gasteiger partial charge in [0.2, 0.25) is 0 Å². The molecule has 0 saturated heterocycles. The Morgan fingerprint density at radius 3 is 2.43 bits per heavy atom. The van der Waals surface area contributed by atoms with Crippen molar-refractivity contribution in [1.29, 1.82) is 0 Å². The topological polar surface area (TPSA) is 46.5 Å². The molecule has 0 saturated carbocycles. The van der Waals surface area contributed by atoms with Crippen LogP contribution in [0.15, 0.2) is 42.5 Å². The van der Waals surface area contributed by atoms with Gasteiger partial charge in [-0.3, -0.25) is 4.79 Å². The molecule has 0 radical (unpaired) electrons. The fourth-order valence-electron chi connectivity index (χ4n) is 1.98. The Bertz CT molecular complexity index is 651. The summed E-state index contributed by atoms with van der Waals surface area (Å²) in [6.07, 6.45) is -4.21. The van der Waals surface area contributed by atoms with Crippen molar-refractivity contribution in [2.24, 2.45) is 0 Å². The molecule has 0 bridgehead atoms. The van der Waals surface area contributed by atoms with E-state index in [1.807, 2.05) is 0 Å². The standard InChI is InChI=1S/C15H11F3O3/c16-15(17,18)21-14-4-2-1-3-13(14)12-6-5-10(8-19)7-11(12)9-20/h1-8,20H,9H2. The normalized spacial score (nSPS) is 11.2. The van der Waals surface area contributed by atoms with Crippen LogP contribution in [-0.2, 0) is 6.61 Å². The zero-order valence-electron chi connectivity index (χ0n) is 10.7. The second-order valence-electron chi connectivity index (χ2n) is 4.24. The summed E-state index contributed by atoms with van der Waals surface area (Å²) < 4.78 is 41.3. The molecule has 0 fully saturated rings. The van der Waals surface area contributed by atoms with Gasteiger partial charge in [-0.05, 0) is 23.3 Å². The second kappa shape index (κ2) is 5.97. The fraction of sp³-hybridized carbons (Fsp3) is 0.133. The van der Waals surface area contributed by atoms with E-state index in [9.17, 15) is 23.1 Å². The maximum absolute atomic E-state index is 12.4. The molecule has 3 nitrogen and oxygen atoms in total. The summed E-state index contributed by atoms with van der Waals surface area (Å²) in [7, 11) is 0. The molecule has 21 heavy (non-hydrogen) atoms. The van der Waals surface area contributed by atoms with Gasteiger partial charge in [0.25, 0.3) is 0 Å². The number of benzene rings is 2. The molecule has 0 aromatic heterocycles. The minimum atomic E-state index is -4.81. The van der Waals surface area contributed by atoms with Gasteiger partial charge >= 0.3 is 6.36 Å². The molecule has 2 aromatic rings. The minimum absolute atomic E-state index is 0.191. The van der Waals surface area contributed by atoms with Gasteiger partial charge in [0, 0.05) is 11.1 Å². The third-order valence-corrected chi connectivity index (χ3v) is 2.84. The summed E-state index contributed by atoms with van der Waals surface area (Å²) in [5, 5.41) is 9.34. The number of alkyl halides is 3. The Labute approximate surface area is 118 Å². The summed E-state index contributed by atoms with van der Waals surface area (Å²) in [6, 6.07) is 10.00. The molecule has 1 N–H and O–H groups in total. The van der Waals surface area contributed by atoms with E-state index in [0.717, 1.165) is 0 Å². The number of hydrogen-bond donors (Lipinski definition) is 1. The van der Waals surface area contributed by atoms with Crippen molar-refractivity contribution >= 4 is 6.29 Å². The quantitative estimate of drug-likeness (QED) is 0.878. The van der Waals surface area contributed by atoms with Gasteiger partial charge in [0.1, 0.15) is 12.0 Å². The van der Waals surface area contributed by atoms with Gasteiger partial charge in [-0.25, -0.2) is 0 Å². The molecule has 0 aliphatic heterocycles. The summed E-state index contributed by atoms with van der Waals surface area (Å²) in [5.74, 6) is -0.362. The van der Waals surface area contributed by atoms with Crippen LogP contribution in [0.2, 0.25) is 0 Å². The van der Waals surface area contributed by atoms with Crippen LogP contribution < -0.4 is 4.74 Å². The molecule has 0 amide bonds. The molecule has 0 aliphatic carbocycles. The highest BCUT2D eigenvalue weighted by molar-refractivity contribution is 5.80. The molecule has 0 aliphatic rings. The summed E-state index contributed by atoms with van der Waals surface area (Å²) >= 11 is 0. The smallest absolute Gasteiger partial charge is 0.405 e. The van der Waals surface area contributed by atoms with Crippen LogP contribution in [0.5, 0.6) is 5.75 Å². The Morgan fingerprint density at radius 1 is 1.10 bits per heavy atom. The lowest BCUT2D eigenvalue weighted by Gasteiger charge is -2.15. The van der Waals surface area contributed by atoms with Crippen molar-refractivity contribution in [1.82, 2.24) is 0 Å². The largest absolute Gasteiger partial charge is 0.573 e. The SMILES string of the molecule is O=Cc1ccc(-c2ccccc2OC(F)(F)F)c(CO)c1. The zero-order valence-corrected chi connectivity index (χ0v) is 10.7. The van der Waals surface area contributed by atoms with Gasteiger partial charge in [-0.1, -0.05) is 30.3 Å². The lowest BCUT2D eigenvalue weighted by molar-refractivity contribution is -0.274. The number of aliphatic hydroxyl groups is 1. The molecular formula is C15H11F3O3. The summed E-state index contributed by atoms with van der Waals surface area (Å²) in [4.78, 5) is 10.7. The molecule has 0 heterocycles. The first-order chi connectivity index (χ1) is 9.94. The van der Waals surface area contributed by atoms with Crippen molar-refractivity contribution in [3.63, 3.8) is 0 Å². The third-order valence-electron chi connectivity index (χ3n) is 2.84. The average Bonchev–Trinajstić information content (AvgIpc) is 2.45. The van der Waals surface area contributed by atoms with E-state index in [1.54, 1.807) is 6.07 Å². The molecule has 2 rings (SSSR count). The first-order valence-corrected chi connectivity index (χ1v) is 5.98. The Balaban J connectivity index is 2.54. The van der Waals surface area contributed by atoms with E-state index < -0.39 is 13.0 Å². The number of aldehydes is 1. The number of halogens is 3. The number of hydrogen-bond acceptors (Lipinski definition) is 3. The molecule has 0 spiro atoms. The van der Waals surface area contributed by atoms with Crippen LogP contribution in [0.3, 0.4) is 0 Å². The van der Waals surface area contributed by atoms with Crippen molar-refractivity contribution < 1.29 is 27.8 Å². The molecule has 0 unspecified atom stereocenters. The van der Waals surface area contributed by atoms with Crippen molar-refractivity contribution in [2.75, 3.05) is 0 Å². The fourth-order valence-corrected chi connectivity index (χ4v) is 1.98. The minimum Gasteiger partial charge on any atom is -0.405 e. The predicted molar refractivity (Wildman–Crippen MR) is 69.9 cm³/mol. The number of aliphatic hydroxyl groups excluding tert-OH is 1. The molecule has 6 heteroatoms. The van der Waals surface area contributed by atoms with E-state index >= 15 is 0 Å². The number of carbonyl (C=O) groups is 1. The predicted octanol–water partition coefficient (Wildman–Crippen LogP) is 3.56. The highest BCUT2D eigenvalue weighted by Crippen LogP contribution is 2.35. The number of carbonyl (C=O) groups excluding carboxylic acids is 1. The van der Waals surface area contributed by atoms with Gasteiger partial charge in [0.05, 0.1) is 6.61 Å². The first kappa shape index (κ1) is 15.1. The summed E-state index contributed by atoms with van der Waals surface area (Å²) in [5.41, 5.74) is 1.24. The van der Waals surface area contributed by atoms with Crippen molar-refractivity contribution in [3.8, 4) is 16.9 Å². The van der Waals surface area contributed by atoms with Gasteiger partial charge in [0.15, 0.2) is 0 Å². The third kappa shape index (κ3) is 3.61. The Morgan fingerprint density at radius 2 is 1.81 bits per heavy atom. The van der Waals surface area contributed by atoms with Crippen molar-refractivity contribution in [2.45, 2.75) is 13.0 Å². The second-order valence-corrected chi connectivity index (χ2v) is 4.24. The van der Waals surface area contributed by atoms with Crippen LogP contribution in [0, 0.1) is 0 Å². The highest BCUT2D eigenvalue weighted by atomic mass is 19.4. The Kier molecular flexibility index (Phi) is 4.28. The maximum Gasteiger partial charge on any atom is 0.573 e. The Hall–Kier alpha value is -2.34. The van der Waals surface area contributed by atoms with Crippen LogP contribution >= 0.6 is 0 Å². The highest BCUT2D eigenvalue weighted by Gasteiger charge is 2.32. The van der Waals surface area contributed by atoms with E-state index in [4.69, 9.17) is 0 Å². The van der Waals surface area contributed by atoms with Crippen LogP contribution in [0.1, 0.15) is 15.9 Å². The van der Waals surface area contributed by atoms with Gasteiger partial charge in [-0.2, -0.15) is 0 Å². The van der Waals surface area contributed by atoms with Crippen LogP contribution in [-0.4, -0.2) is 17.8 Å². The zero-order chi connectivity index (χ0) is 15.5. The van der Waals surface area contributed by atoms with E-state index in [-0.39, 0.29) is 11.3 Å². The van der Waals surface area contributed by atoms with Gasteiger partial charge < -0.3 is 9.84 Å². The van der Waals surface area contributed by atoms with Crippen LogP contribution in [0.25, 0.3) is 11.1 Å². The molecular weight excluding hydrogens is 285 g/mol. The number of rotatable bonds is 4.